The molecule has 0 atom stereocenters. The molecule has 0 aliphatic heterocycles. The minimum absolute atomic E-state index is 0.180. The molecular weight excluding hydrogens is 218 g/mol. The fourth-order valence-electron chi connectivity index (χ4n) is 1.45. The lowest BCUT2D eigenvalue weighted by Crippen LogP contribution is -2.25. The Morgan fingerprint density at radius 1 is 1.25 bits per heavy atom. The fourth-order valence-corrected chi connectivity index (χ4v) is 1.49. The molecule has 0 unspecified atom stereocenters. The summed E-state index contributed by atoms with van der Waals surface area (Å²) in [5, 5.41) is 4.29. The van der Waals surface area contributed by atoms with E-state index in [2.05, 4.69) is 43.4 Å². The van der Waals surface area contributed by atoms with Gasteiger partial charge in [-0.05, 0) is 74.3 Å². The Morgan fingerprint density at radius 3 is 2.19 bits per heavy atom. The number of hydrazone groups is 1. The number of hydrogen-bond acceptors (Lipinski definition) is 2. The second-order valence-corrected chi connectivity index (χ2v) is 4.35. The summed E-state index contributed by atoms with van der Waals surface area (Å²) in [5.41, 5.74) is 13.7. The number of nitrogens with two attached hydrogens (primary N) is 1. The molecule has 0 aromatic heterocycles. The van der Waals surface area contributed by atoms with Gasteiger partial charge >= 0.3 is 0 Å². The maximum atomic E-state index is 5.32. The largest absolute Gasteiger partial charge is 0.375 e. The maximum absolute atomic E-state index is 5.32. The highest BCUT2D eigenvalue weighted by molar-refractivity contribution is 7.80. The Kier molecular flexibility index (Phi) is 4.01. The molecule has 0 spiro atoms. The summed E-state index contributed by atoms with van der Waals surface area (Å²) >= 11 is 4.70. The van der Waals surface area contributed by atoms with Gasteiger partial charge in [-0.1, -0.05) is 0 Å². The average Bonchev–Trinajstić information content (AvgIpc) is 2.21. The highest BCUT2D eigenvalue weighted by atomic mass is 32.1. The predicted molar refractivity (Wildman–Crippen MR) is 72.8 cm³/mol. The molecule has 0 saturated carbocycles. The molecule has 3 nitrogen and oxygen atoms in total. The SMILES string of the molecule is C/C(=N/NC(N)=S)c1cc(C)c(C)c(C)c1. The van der Waals surface area contributed by atoms with Gasteiger partial charge in [0.25, 0.3) is 0 Å². The third kappa shape index (κ3) is 3.03. The van der Waals surface area contributed by atoms with Crippen LogP contribution in [-0.2, 0) is 0 Å². The van der Waals surface area contributed by atoms with Crippen LogP contribution >= 0.6 is 12.2 Å². The van der Waals surface area contributed by atoms with Crippen molar-refractivity contribution < 1.29 is 0 Å². The molecule has 0 amide bonds. The Balaban J connectivity index is 3.05. The van der Waals surface area contributed by atoms with Gasteiger partial charge in [0.15, 0.2) is 5.11 Å². The van der Waals surface area contributed by atoms with E-state index in [9.17, 15) is 0 Å². The number of nitrogens with zero attached hydrogens (tertiary/aromatic N) is 1. The van der Waals surface area contributed by atoms with Crippen LogP contribution in [0.2, 0.25) is 0 Å². The van der Waals surface area contributed by atoms with Crippen LogP contribution in [0.4, 0.5) is 0 Å². The lowest BCUT2D eigenvalue weighted by molar-refractivity contribution is 1.03. The van der Waals surface area contributed by atoms with Crippen molar-refractivity contribution in [1.29, 1.82) is 0 Å². The molecule has 0 radical (unpaired) electrons. The normalized spacial score (nSPS) is 11.4. The zero-order valence-corrected chi connectivity index (χ0v) is 10.9. The van der Waals surface area contributed by atoms with Crippen molar-refractivity contribution in [2.45, 2.75) is 27.7 Å². The Bertz CT molecular complexity index is 427. The molecule has 4 heteroatoms. The number of hydrogen-bond donors (Lipinski definition) is 2. The Labute approximate surface area is 102 Å². The van der Waals surface area contributed by atoms with Crippen molar-refractivity contribution in [1.82, 2.24) is 5.43 Å². The van der Waals surface area contributed by atoms with Crippen LogP contribution in [0.3, 0.4) is 0 Å². The van der Waals surface area contributed by atoms with E-state index in [0.29, 0.717) is 0 Å². The van der Waals surface area contributed by atoms with E-state index in [-0.39, 0.29) is 5.11 Å². The van der Waals surface area contributed by atoms with Crippen LogP contribution < -0.4 is 11.2 Å². The minimum Gasteiger partial charge on any atom is -0.375 e. The van der Waals surface area contributed by atoms with Crippen LogP contribution in [0.5, 0.6) is 0 Å². The number of nitrogens with one attached hydrogen (secondary N) is 1. The van der Waals surface area contributed by atoms with E-state index in [1.807, 2.05) is 6.92 Å². The van der Waals surface area contributed by atoms with Crippen molar-refractivity contribution in [3.05, 3.63) is 34.4 Å². The van der Waals surface area contributed by atoms with Crippen LogP contribution in [0.25, 0.3) is 0 Å². The molecule has 1 aromatic carbocycles. The van der Waals surface area contributed by atoms with Gasteiger partial charge < -0.3 is 5.73 Å². The molecule has 1 rings (SSSR count). The first-order valence-corrected chi connectivity index (χ1v) is 5.50. The van der Waals surface area contributed by atoms with E-state index < -0.39 is 0 Å². The van der Waals surface area contributed by atoms with Crippen LogP contribution in [0.1, 0.15) is 29.2 Å². The number of aryl methyl sites for hydroxylation is 2. The maximum Gasteiger partial charge on any atom is 0.184 e. The molecule has 0 aliphatic rings. The van der Waals surface area contributed by atoms with Crippen LogP contribution in [-0.4, -0.2) is 10.8 Å². The molecule has 86 valence electrons. The van der Waals surface area contributed by atoms with Gasteiger partial charge in [-0.3, -0.25) is 5.43 Å². The van der Waals surface area contributed by atoms with Crippen molar-refractivity contribution in [3.63, 3.8) is 0 Å². The monoisotopic (exact) mass is 235 g/mol. The molecule has 3 N–H and O–H groups in total. The number of thiocarbonyl (C=S) groups is 1. The zero-order valence-electron chi connectivity index (χ0n) is 10.1. The van der Waals surface area contributed by atoms with Gasteiger partial charge in [0, 0.05) is 0 Å². The van der Waals surface area contributed by atoms with Crippen molar-refractivity contribution >= 4 is 23.0 Å². The lowest BCUT2D eigenvalue weighted by Gasteiger charge is -2.09. The van der Waals surface area contributed by atoms with Gasteiger partial charge in [-0.15, -0.1) is 0 Å². The Hall–Kier alpha value is -1.42. The second-order valence-electron chi connectivity index (χ2n) is 3.91. The van der Waals surface area contributed by atoms with Crippen LogP contribution in [0.15, 0.2) is 17.2 Å². The number of rotatable bonds is 2. The lowest BCUT2D eigenvalue weighted by atomic mass is 9.99. The standard InChI is InChI=1S/C12H17N3S/c1-7-5-11(6-8(2)9(7)3)10(4)14-15-12(13)16/h5-6H,1-4H3,(H3,13,15,16)/b14-10-. The first-order valence-electron chi connectivity index (χ1n) is 5.09. The molecule has 0 bridgehead atoms. The first-order chi connectivity index (χ1) is 7.41. The van der Waals surface area contributed by atoms with E-state index in [1.54, 1.807) is 0 Å². The minimum atomic E-state index is 0.180. The molecule has 16 heavy (non-hydrogen) atoms. The average molecular weight is 235 g/mol. The van der Waals surface area contributed by atoms with Gasteiger partial charge in [-0.25, -0.2) is 0 Å². The predicted octanol–water partition coefficient (Wildman–Crippen LogP) is 2.17. The van der Waals surface area contributed by atoms with Crippen molar-refractivity contribution in [2.75, 3.05) is 0 Å². The smallest absolute Gasteiger partial charge is 0.184 e. The van der Waals surface area contributed by atoms with E-state index in [4.69, 9.17) is 18.0 Å². The summed E-state index contributed by atoms with van der Waals surface area (Å²) in [4.78, 5) is 0. The molecule has 1 aromatic rings. The molecular formula is C12H17N3S. The third-order valence-corrected chi connectivity index (χ3v) is 2.77. The molecule has 0 fully saturated rings. The van der Waals surface area contributed by atoms with Gasteiger partial charge in [0.1, 0.15) is 0 Å². The summed E-state index contributed by atoms with van der Waals surface area (Å²) in [5.74, 6) is 0. The number of benzene rings is 1. The highest BCUT2D eigenvalue weighted by Crippen LogP contribution is 2.15. The molecule has 0 saturated heterocycles. The first kappa shape index (κ1) is 12.6. The summed E-state index contributed by atoms with van der Waals surface area (Å²) in [6.07, 6.45) is 0. The quantitative estimate of drug-likeness (QED) is 0.469. The zero-order chi connectivity index (χ0) is 12.3. The third-order valence-electron chi connectivity index (χ3n) is 2.68. The van der Waals surface area contributed by atoms with Crippen molar-refractivity contribution in [2.24, 2.45) is 10.8 Å². The van der Waals surface area contributed by atoms with E-state index in [0.717, 1.165) is 11.3 Å². The van der Waals surface area contributed by atoms with E-state index in [1.165, 1.54) is 16.7 Å². The summed E-state index contributed by atoms with van der Waals surface area (Å²) < 4.78 is 0. The molecule has 0 aliphatic carbocycles. The topological polar surface area (TPSA) is 50.4 Å². The second kappa shape index (κ2) is 5.07. The summed E-state index contributed by atoms with van der Waals surface area (Å²) in [7, 11) is 0. The highest BCUT2D eigenvalue weighted by Gasteiger charge is 2.03. The summed E-state index contributed by atoms with van der Waals surface area (Å²) in [6, 6.07) is 4.23. The van der Waals surface area contributed by atoms with Gasteiger partial charge in [-0.2, -0.15) is 5.10 Å². The molecule has 0 heterocycles. The summed E-state index contributed by atoms with van der Waals surface area (Å²) in [6.45, 7) is 8.24. The van der Waals surface area contributed by atoms with Gasteiger partial charge in [0.05, 0.1) is 5.71 Å². The van der Waals surface area contributed by atoms with E-state index >= 15 is 0 Å². The van der Waals surface area contributed by atoms with Gasteiger partial charge in [0.2, 0.25) is 0 Å². The van der Waals surface area contributed by atoms with Crippen molar-refractivity contribution in [3.8, 4) is 0 Å². The Morgan fingerprint density at radius 2 is 1.75 bits per heavy atom. The fraction of sp³-hybridized carbons (Fsp3) is 0.333. The van der Waals surface area contributed by atoms with Crippen LogP contribution in [0, 0.1) is 20.8 Å².